The minimum Gasteiger partial charge on any atom is -0.399 e. The fourth-order valence-electron chi connectivity index (χ4n) is 2.06. The van der Waals surface area contributed by atoms with Crippen molar-refractivity contribution in [2.75, 3.05) is 18.9 Å². The van der Waals surface area contributed by atoms with Crippen LogP contribution in [0.15, 0.2) is 18.2 Å². The van der Waals surface area contributed by atoms with Gasteiger partial charge in [0.25, 0.3) is 0 Å². The van der Waals surface area contributed by atoms with Crippen LogP contribution >= 0.6 is 0 Å². The molecule has 2 N–H and O–H groups in total. The Balaban J connectivity index is 2.12. The third-order valence-electron chi connectivity index (χ3n) is 2.89. The molecule has 2 aromatic rings. The van der Waals surface area contributed by atoms with E-state index in [4.69, 9.17) is 5.73 Å². The maximum Gasteiger partial charge on any atom is 0.411 e. The van der Waals surface area contributed by atoms with Gasteiger partial charge in [-0.05, 0) is 18.2 Å². The number of nitrogens with two attached hydrogens (primary N) is 1. The molecule has 1 aromatic heterocycles. The van der Waals surface area contributed by atoms with Crippen molar-refractivity contribution >= 4 is 16.7 Å². The van der Waals surface area contributed by atoms with Crippen molar-refractivity contribution in [2.45, 2.75) is 26.1 Å². The number of fused-ring (bicyclic) bond motifs is 1. The van der Waals surface area contributed by atoms with Gasteiger partial charge < -0.3 is 15.0 Å². The summed E-state index contributed by atoms with van der Waals surface area (Å²) in [7, 11) is 0. The topological polar surface area (TPSA) is 53.1 Å². The average molecular weight is 287 g/mol. The molecule has 0 saturated carbocycles. The molecular formula is C13H16F3N3O. The Morgan fingerprint density at radius 3 is 2.75 bits per heavy atom. The maximum absolute atomic E-state index is 12.0. The number of anilines is 1. The predicted octanol–water partition coefficient (Wildman–Crippen LogP) is 2.76. The molecule has 0 radical (unpaired) electrons. The molecule has 0 saturated heterocycles. The summed E-state index contributed by atoms with van der Waals surface area (Å²) in [4.78, 5) is 4.42. The Morgan fingerprint density at radius 1 is 1.35 bits per heavy atom. The summed E-state index contributed by atoms with van der Waals surface area (Å²) in [5.74, 6) is 0.807. The monoisotopic (exact) mass is 287 g/mol. The highest BCUT2D eigenvalue weighted by Gasteiger charge is 2.27. The summed E-state index contributed by atoms with van der Waals surface area (Å²) in [6.07, 6.45) is -3.60. The Bertz CT molecular complexity index is 592. The third kappa shape index (κ3) is 3.41. The van der Waals surface area contributed by atoms with E-state index in [0.717, 1.165) is 16.9 Å². The fraction of sp³-hybridized carbons (Fsp3) is 0.462. The fourth-order valence-corrected chi connectivity index (χ4v) is 2.06. The SMILES string of the molecule is CCc1nc2cc(N)ccc2n1CCOCC(F)(F)F. The maximum atomic E-state index is 12.0. The Morgan fingerprint density at radius 2 is 2.10 bits per heavy atom. The largest absolute Gasteiger partial charge is 0.411 e. The van der Waals surface area contributed by atoms with E-state index in [1.165, 1.54) is 0 Å². The number of alkyl halides is 3. The van der Waals surface area contributed by atoms with E-state index in [9.17, 15) is 13.2 Å². The summed E-state index contributed by atoms with van der Waals surface area (Å²) in [6, 6.07) is 5.32. The Hall–Kier alpha value is -1.76. The molecule has 1 aromatic carbocycles. The van der Waals surface area contributed by atoms with Gasteiger partial charge in [-0.3, -0.25) is 0 Å². The van der Waals surface area contributed by atoms with Crippen LogP contribution in [-0.2, 0) is 17.7 Å². The number of ether oxygens (including phenoxy) is 1. The summed E-state index contributed by atoms with van der Waals surface area (Å²) < 4.78 is 42.5. The highest BCUT2D eigenvalue weighted by atomic mass is 19.4. The molecule has 0 unspecified atom stereocenters. The summed E-state index contributed by atoms with van der Waals surface area (Å²) in [5, 5.41) is 0. The summed E-state index contributed by atoms with van der Waals surface area (Å²) >= 11 is 0. The number of hydrogen-bond acceptors (Lipinski definition) is 3. The van der Waals surface area contributed by atoms with E-state index in [1.807, 2.05) is 17.6 Å². The van der Waals surface area contributed by atoms with Crippen molar-refractivity contribution in [3.05, 3.63) is 24.0 Å². The van der Waals surface area contributed by atoms with E-state index in [0.29, 0.717) is 18.7 Å². The van der Waals surface area contributed by atoms with Gasteiger partial charge in [-0.1, -0.05) is 6.92 Å². The van der Waals surface area contributed by atoms with Crippen LogP contribution in [0.2, 0.25) is 0 Å². The van der Waals surface area contributed by atoms with Crippen molar-refractivity contribution in [2.24, 2.45) is 0 Å². The molecule has 1 heterocycles. The van der Waals surface area contributed by atoms with Gasteiger partial charge in [-0.15, -0.1) is 0 Å². The number of halogens is 3. The Kier molecular flexibility index (Phi) is 4.17. The van der Waals surface area contributed by atoms with Crippen molar-refractivity contribution in [3.63, 3.8) is 0 Å². The number of imidazole rings is 1. The van der Waals surface area contributed by atoms with Crippen molar-refractivity contribution in [1.29, 1.82) is 0 Å². The van der Waals surface area contributed by atoms with Crippen LogP contribution in [0.5, 0.6) is 0 Å². The normalized spacial score (nSPS) is 12.2. The minimum absolute atomic E-state index is 0.0116. The highest BCUT2D eigenvalue weighted by Crippen LogP contribution is 2.20. The van der Waals surface area contributed by atoms with Crippen LogP contribution in [0.4, 0.5) is 18.9 Å². The molecule has 7 heteroatoms. The predicted molar refractivity (Wildman–Crippen MR) is 70.4 cm³/mol. The minimum atomic E-state index is -4.29. The van der Waals surface area contributed by atoms with Gasteiger partial charge in [0.1, 0.15) is 12.4 Å². The van der Waals surface area contributed by atoms with Gasteiger partial charge in [-0.2, -0.15) is 13.2 Å². The number of hydrogen-bond donors (Lipinski definition) is 1. The summed E-state index contributed by atoms with van der Waals surface area (Å²) in [5.41, 5.74) is 7.91. The van der Waals surface area contributed by atoms with Crippen molar-refractivity contribution in [3.8, 4) is 0 Å². The van der Waals surface area contributed by atoms with Crippen LogP contribution in [0.1, 0.15) is 12.7 Å². The quantitative estimate of drug-likeness (QED) is 0.679. The molecule has 0 aliphatic heterocycles. The zero-order valence-corrected chi connectivity index (χ0v) is 11.1. The van der Waals surface area contributed by atoms with Crippen LogP contribution in [-0.4, -0.2) is 28.9 Å². The lowest BCUT2D eigenvalue weighted by Gasteiger charge is -2.10. The van der Waals surface area contributed by atoms with Gasteiger partial charge in [0, 0.05) is 18.7 Å². The number of aryl methyl sites for hydroxylation is 1. The highest BCUT2D eigenvalue weighted by molar-refractivity contribution is 5.79. The smallest absolute Gasteiger partial charge is 0.399 e. The van der Waals surface area contributed by atoms with E-state index in [2.05, 4.69) is 9.72 Å². The lowest BCUT2D eigenvalue weighted by molar-refractivity contribution is -0.174. The molecule has 110 valence electrons. The van der Waals surface area contributed by atoms with Crippen molar-refractivity contribution < 1.29 is 17.9 Å². The first-order valence-electron chi connectivity index (χ1n) is 6.30. The zero-order chi connectivity index (χ0) is 14.8. The lowest BCUT2D eigenvalue weighted by atomic mass is 10.3. The molecule has 0 spiro atoms. The number of aromatic nitrogens is 2. The van der Waals surface area contributed by atoms with Crippen molar-refractivity contribution in [1.82, 2.24) is 9.55 Å². The molecular weight excluding hydrogens is 271 g/mol. The van der Waals surface area contributed by atoms with E-state index < -0.39 is 12.8 Å². The third-order valence-corrected chi connectivity index (χ3v) is 2.89. The van der Waals surface area contributed by atoms with Gasteiger partial charge in [-0.25, -0.2) is 4.98 Å². The second kappa shape index (κ2) is 5.70. The molecule has 0 aliphatic rings. The molecule has 20 heavy (non-hydrogen) atoms. The van der Waals surface area contributed by atoms with Gasteiger partial charge >= 0.3 is 6.18 Å². The Labute approximate surface area is 114 Å². The molecule has 2 rings (SSSR count). The lowest BCUT2D eigenvalue weighted by Crippen LogP contribution is -2.19. The number of nitrogen functional groups attached to an aromatic ring is 1. The number of benzene rings is 1. The molecule has 0 atom stereocenters. The average Bonchev–Trinajstić information content (AvgIpc) is 2.70. The number of rotatable bonds is 5. The number of nitrogens with zero attached hydrogens (tertiary/aromatic N) is 2. The first kappa shape index (κ1) is 14.6. The van der Waals surface area contributed by atoms with Gasteiger partial charge in [0.15, 0.2) is 0 Å². The van der Waals surface area contributed by atoms with E-state index in [1.54, 1.807) is 12.1 Å². The molecule has 0 amide bonds. The van der Waals surface area contributed by atoms with Crippen LogP contribution in [0, 0.1) is 0 Å². The van der Waals surface area contributed by atoms with Crippen LogP contribution < -0.4 is 5.73 Å². The molecule has 0 bridgehead atoms. The van der Waals surface area contributed by atoms with E-state index >= 15 is 0 Å². The van der Waals surface area contributed by atoms with Crippen LogP contribution in [0.25, 0.3) is 11.0 Å². The van der Waals surface area contributed by atoms with Crippen LogP contribution in [0.3, 0.4) is 0 Å². The molecule has 0 fully saturated rings. The first-order chi connectivity index (χ1) is 9.40. The second-order valence-corrected chi connectivity index (χ2v) is 4.45. The molecule has 4 nitrogen and oxygen atoms in total. The first-order valence-corrected chi connectivity index (χ1v) is 6.30. The standard InChI is InChI=1S/C13H16F3N3O/c1-2-12-18-10-7-9(17)3-4-11(10)19(12)5-6-20-8-13(14,15)16/h3-4,7H,2,5-6,8,17H2,1H3. The second-order valence-electron chi connectivity index (χ2n) is 4.45. The van der Waals surface area contributed by atoms with Gasteiger partial charge in [0.05, 0.1) is 17.6 Å². The molecule has 0 aliphatic carbocycles. The zero-order valence-electron chi connectivity index (χ0n) is 11.1. The van der Waals surface area contributed by atoms with Gasteiger partial charge in [0.2, 0.25) is 0 Å². The van der Waals surface area contributed by atoms with E-state index in [-0.39, 0.29) is 6.61 Å². The summed E-state index contributed by atoms with van der Waals surface area (Å²) in [6.45, 7) is 1.04.